The van der Waals surface area contributed by atoms with Crippen LogP contribution in [0.25, 0.3) is 15.4 Å². The lowest BCUT2D eigenvalue weighted by Crippen LogP contribution is -2.49. The zero-order valence-electron chi connectivity index (χ0n) is 27.3. The van der Waals surface area contributed by atoms with Crippen molar-refractivity contribution in [2.24, 2.45) is 0 Å². The molecule has 0 radical (unpaired) electrons. The van der Waals surface area contributed by atoms with Gasteiger partial charge in [0.05, 0.1) is 11.1 Å². The second-order valence-corrected chi connectivity index (χ2v) is 14.3. The summed E-state index contributed by atoms with van der Waals surface area (Å²) in [6.07, 6.45) is 3.53. The van der Waals surface area contributed by atoms with Crippen LogP contribution in [0.4, 0.5) is 21.1 Å². The summed E-state index contributed by atoms with van der Waals surface area (Å²) in [5.41, 5.74) is 0.815. The van der Waals surface area contributed by atoms with Crippen molar-refractivity contribution in [3.63, 3.8) is 0 Å². The third-order valence-corrected chi connectivity index (χ3v) is 8.15. The van der Waals surface area contributed by atoms with Gasteiger partial charge in [0.2, 0.25) is 5.91 Å². The van der Waals surface area contributed by atoms with Crippen molar-refractivity contribution < 1.29 is 28.7 Å². The van der Waals surface area contributed by atoms with Crippen molar-refractivity contribution in [3.8, 4) is 10.4 Å². The minimum atomic E-state index is -1.02. The van der Waals surface area contributed by atoms with Crippen LogP contribution in [0, 0.1) is 0 Å². The lowest BCUT2D eigenvalue weighted by Gasteiger charge is -2.29. The number of benzene rings is 2. The van der Waals surface area contributed by atoms with Crippen LogP contribution in [0.15, 0.2) is 67.0 Å². The van der Waals surface area contributed by atoms with E-state index in [0.29, 0.717) is 41.4 Å². The van der Waals surface area contributed by atoms with Gasteiger partial charge in [0.25, 0.3) is 5.91 Å². The summed E-state index contributed by atoms with van der Waals surface area (Å²) in [4.78, 5) is 59.8. The van der Waals surface area contributed by atoms with Gasteiger partial charge in [-0.1, -0.05) is 53.8 Å². The molecule has 3 heterocycles. The highest BCUT2D eigenvalue weighted by atomic mass is 32.1. The van der Waals surface area contributed by atoms with Gasteiger partial charge in [0.1, 0.15) is 23.3 Å². The number of hydrogen-bond acceptors (Lipinski definition) is 8. The predicted octanol–water partition coefficient (Wildman–Crippen LogP) is 6.61. The zero-order chi connectivity index (χ0) is 33.9. The van der Waals surface area contributed by atoms with Crippen LogP contribution in [0.1, 0.15) is 66.0 Å². The van der Waals surface area contributed by atoms with E-state index in [2.05, 4.69) is 20.9 Å². The van der Waals surface area contributed by atoms with Crippen LogP contribution in [0.5, 0.6) is 0 Å². The summed E-state index contributed by atoms with van der Waals surface area (Å²) < 4.78 is 12.5. The van der Waals surface area contributed by atoms with Crippen LogP contribution in [0.3, 0.4) is 0 Å². The molecule has 2 atom stereocenters. The molecular weight excluding hydrogens is 620 g/mol. The number of anilines is 2. The van der Waals surface area contributed by atoms with Gasteiger partial charge in [-0.25, -0.2) is 14.6 Å². The first kappa shape index (κ1) is 33.5. The molecule has 2 aromatic heterocycles. The van der Waals surface area contributed by atoms with Gasteiger partial charge in [-0.3, -0.25) is 19.3 Å². The van der Waals surface area contributed by atoms with Crippen molar-refractivity contribution in [1.29, 1.82) is 0 Å². The molecular formula is C34H40N6O6S. The first-order chi connectivity index (χ1) is 22.1. The quantitative estimate of drug-likeness (QED) is 0.203. The van der Waals surface area contributed by atoms with Gasteiger partial charge >= 0.3 is 12.2 Å². The SMILES string of the molecule is CC(C)(C)OC(=O)Nc1ccc(-c2cn3cc(NC(=O)C4CCCN4C(=O)[C@@H](NC(=O)OC(C)(C)C)c4ccccc4)nc3s2)cc1. The largest absolute Gasteiger partial charge is 0.444 e. The molecule has 3 N–H and O–H groups in total. The van der Waals surface area contributed by atoms with Crippen molar-refractivity contribution in [2.75, 3.05) is 17.2 Å². The minimum Gasteiger partial charge on any atom is -0.444 e. The topological polar surface area (TPSA) is 143 Å². The Morgan fingerprint density at radius 3 is 2.17 bits per heavy atom. The normalized spacial score (nSPS) is 15.6. The average Bonchev–Trinajstić information content (AvgIpc) is 3.70. The second kappa shape index (κ2) is 13.4. The molecule has 1 unspecified atom stereocenters. The van der Waals surface area contributed by atoms with E-state index in [1.165, 1.54) is 16.2 Å². The number of rotatable bonds is 7. The molecule has 1 fully saturated rings. The smallest absolute Gasteiger partial charge is 0.412 e. The summed E-state index contributed by atoms with van der Waals surface area (Å²) in [6, 6.07) is 14.6. The number of fused-ring (bicyclic) bond motifs is 1. The highest BCUT2D eigenvalue weighted by Gasteiger charge is 2.39. The maximum Gasteiger partial charge on any atom is 0.412 e. The minimum absolute atomic E-state index is 0.348. The number of carbonyl (C=O) groups is 4. The number of nitrogens with zero attached hydrogens (tertiary/aromatic N) is 3. The van der Waals surface area contributed by atoms with Crippen molar-refractivity contribution >= 4 is 51.8 Å². The van der Waals surface area contributed by atoms with Crippen LogP contribution < -0.4 is 16.0 Å². The fourth-order valence-corrected chi connectivity index (χ4v) is 6.14. The van der Waals surface area contributed by atoms with E-state index in [1.54, 1.807) is 84.1 Å². The van der Waals surface area contributed by atoms with Crippen molar-refractivity contribution in [3.05, 3.63) is 72.6 Å². The Kier molecular flexibility index (Phi) is 9.57. The molecule has 0 aliphatic carbocycles. The van der Waals surface area contributed by atoms with Gasteiger partial charge in [-0.05, 0) is 77.6 Å². The standard InChI is InChI=1S/C34H40N6O6S/c1-33(2,3)45-31(43)35-23-16-14-21(15-17-23)25-19-39-20-26(37-30(39)47-25)36-28(41)24-13-10-18-40(24)29(42)27(22-11-8-7-9-12-22)38-32(44)46-34(4,5)6/h7-9,11-12,14-17,19-20,24,27H,10,13,18H2,1-6H3,(H,35,43)(H,36,41)(H,38,44)/t24?,27-/m0/s1. The van der Waals surface area contributed by atoms with E-state index in [1.807, 2.05) is 28.8 Å². The number of hydrogen-bond donors (Lipinski definition) is 3. The summed E-state index contributed by atoms with van der Waals surface area (Å²) in [5.74, 6) is -0.364. The predicted molar refractivity (Wildman–Crippen MR) is 180 cm³/mol. The van der Waals surface area contributed by atoms with E-state index >= 15 is 0 Å². The summed E-state index contributed by atoms with van der Waals surface area (Å²) >= 11 is 1.45. The third kappa shape index (κ3) is 8.67. The molecule has 4 aromatic rings. The summed E-state index contributed by atoms with van der Waals surface area (Å²) in [7, 11) is 0. The number of thiazole rings is 1. The van der Waals surface area contributed by atoms with Crippen LogP contribution in [0.2, 0.25) is 0 Å². The molecule has 0 spiro atoms. The van der Waals surface area contributed by atoms with E-state index in [9.17, 15) is 19.2 Å². The average molecular weight is 661 g/mol. The van der Waals surface area contributed by atoms with Crippen LogP contribution >= 0.6 is 11.3 Å². The number of alkyl carbamates (subject to hydrolysis) is 1. The molecule has 47 heavy (non-hydrogen) atoms. The van der Waals surface area contributed by atoms with Crippen LogP contribution in [-0.4, -0.2) is 62.1 Å². The second-order valence-electron chi connectivity index (χ2n) is 13.3. The Hall–Kier alpha value is -4.91. The molecule has 13 heteroatoms. The fraction of sp³-hybridized carbons (Fsp3) is 0.382. The third-order valence-electron chi connectivity index (χ3n) is 7.10. The Balaban J connectivity index is 1.25. The Morgan fingerprint density at radius 1 is 0.872 bits per heavy atom. The van der Waals surface area contributed by atoms with Gasteiger partial charge in [0, 0.05) is 18.4 Å². The van der Waals surface area contributed by atoms with Gasteiger partial charge in [-0.15, -0.1) is 0 Å². The van der Waals surface area contributed by atoms with Crippen molar-refractivity contribution in [2.45, 2.75) is 77.7 Å². The molecule has 1 aliphatic rings. The maximum absolute atomic E-state index is 13.8. The molecule has 0 saturated carbocycles. The summed E-state index contributed by atoms with van der Waals surface area (Å²) in [5, 5.41) is 8.30. The molecule has 0 bridgehead atoms. The monoisotopic (exact) mass is 660 g/mol. The number of imidazole rings is 1. The molecule has 248 valence electrons. The number of aromatic nitrogens is 2. The highest BCUT2D eigenvalue weighted by Crippen LogP contribution is 2.31. The first-order valence-electron chi connectivity index (χ1n) is 15.4. The lowest BCUT2D eigenvalue weighted by molar-refractivity contribution is -0.138. The summed E-state index contributed by atoms with van der Waals surface area (Å²) in [6.45, 7) is 11.0. The number of ether oxygens (including phenoxy) is 2. The lowest BCUT2D eigenvalue weighted by atomic mass is 10.0. The Labute approximate surface area is 277 Å². The van der Waals surface area contributed by atoms with E-state index < -0.39 is 35.5 Å². The molecule has 4 amide bonds. The van der Waals surface area contributed by atoms with Gasteiger partial charge < -0.3 is 25.0 Å². The zero-order valence-corrected chi connectivity index (χ0v) is 28.1. The molecule has 12 nitrogen and oxygen atoms in total. The number of likely N-dealkylation sites (tertiary alicyclic amines) is 1. The van der Waals surface area contributed by atoms with E-state index in [0.717, 1.165) is 10.4 Å². The number of carbonyl (C=O) groups excluding carboxylic acids is 4. The Morgan fingerprint density at radius 2 is 1.53 bits per heavy atom. The highest BCUT2D eigenvalue weighted by molar-refractivity contribution is 7.20. The Bertz CT molecular complexity index is 1720. The van der Waals surface area contributed by atoms with E-state index in [-0.39, 0.29) is 11.8 Å². The van der Waals surface area contributed by atoms with E-state index in [4.69, 9.17) is 9.47 Å². The first-order valence-corrected chi connectivity index (χ1v) is 16.2. The number of amides is 4. The van der Waals surface area contributed by atoms with Gasteiger partial charge in [0.15, 0.2) is 10.8 Å². The number of nitrogens with one attached hydrogen (secondary N) is 3. The van der Waals surface area contributed by atoms with Crippen molar-refractivity contribution in [1.82, 2.24) is 19.6 Å². The molecule has 1 aliphatic heterocycles. The molecule has 5 rings (SSSR count). The van der Waals surface area contributed by atoms with Gasteiger partial charge in [-0.2, -0.15) is 0 Å². The molecule has 2 aromatic carbocycles. The fourth-order valence-electron chi connectivity index (χ4n) is 5.17. The maximum atomic E-state index is 13.8. The van der Waals surface area contributed by atoms with Crippen LogP contribution in [-0.2, 0) is 19.1 Å². The molecule has 1 saturated heterocycles.